The highest BCUT2D eigenvalue weighted by atomic mass is 35.5. The molecule has 3 nitrogen and oxygen atoms in total. The zero-order valence-corrected chi connectivity index (χ0v) is 14.0. The van der Waals surface area contributed by atoms with Crippen LogP contribution >= 0.6 is 11.6 Å². The molecular formula is C20H18ClNO2. The third kappa shape index (κ3) is 3.23. The maximum Gasteiger partial charge on any atom is 0.136 e. The number of para-hydroxylation sites is 1. The smallest absolute Gasteiger partial charge is 0.136 e. The van der Waals surface area contributed by atoms with E-state index in [0.29, 0.717) is 11.6 Å². The van der Waals surface area contributed by atoms with Crippen molar-refractivity contribution in [3.8, 4) is 11.3 Å². The van der Waals surface area contributed by atoms with Gasteiger partial charge in [0.25, 0.3) is 0 Å². The van der Waals surface area contributed by atoms with Crippen LogP contribution in [0, 0.1) is 0 Å². The van der Waals surface area contributed by atoms with E-state index in [2.05, 4.69) is 0 Å². The number of fused-ring (bicyclic) bond motifs is 1. The first kappa shape index (κ1) is 15.4. The molecule has 0 saturated carbocycles. The van der Waals surface area contributed by atoms with Gasteiger partial charge in [0.15, 0.2) is 0 Å². The molecule has 4 heteroatoms. The molecular weight excluding hydrogens is 322 g/mol. The van der Waals surface area contributed by atoms with Crippen LogP contribution in [-0.4, -0.2) is 19.3 Å². The van der Waals surface area contributed by atoms with E-state index in [1.54, 1.807) is 0 Å². The van der Waals surface area contributed by atoms with Gasteiger partial charge in [-0.1, -0.05) is 23.7 Å². The topological polar surface area (TPSA) is 34.7 Å². The molecule has 4 rings (SSSR count). The number of hydrogen-bond acceptors (Lipinski definition) is 3. The minimum atomic E-state index is 0.236. The second kappa shape index (κ2) is 6.80. The quantitative estimate of drug-likeness (QED) is 0.684. The van der Waals surface area contributed by atoms with E-state index in [9.17, 15) is 0 Å². The van der Waals surface area contributed by atoms with Gasteiger partial charge in [-0.2, -0.15) is 0 Å². The number of hydrogen-bond donors (Lipinski definition) is 0. The first-order chi connectivity index (χ1) is 11.8. The molecule has 1 unspecified atom stereocenters. The predicted molar refractivity (Wildman–Crippen MR) is 96.1 cm³/mol. The van der Waals surface area contributed by atoms with Crippen LogP contribution in [0.3, 0.4) is 0 Å². The minimum Gasteiger partial charge on any atom is -0.456 e. The fraction of sp³-hybridized carbons (Fsp3) is 0.250. The van der Waals surface area contributed by atoms with Crippen molar-refractivity contribution in [3.05, 3.63) is 65.0 Å². The van der Waals surface area contributed by atoms with Crippen LogP contribution in [0.4, 0.5) is 0 Å². The highest BCUT2D eigenvalue weighted by Crippen LogP contribution is 2.23. The predicted octanol–water partition coefficient (Wildman–Crippen LogP) is 4.83. The number of ether oxygens (including phenoxy) is 1. The van der Waals surface area contributed by atoms with Gasteiger partial charge in [-0.05, 0) is 49.2 Å². The molecule has 0 spiro atoms. The molecule has 1 aliphatic heterocycles. The van der Waals surface area contributed by atoms with Crippen molar-refractivity contribution >= 4 is 22.6 Å². The van der Waals surface area contributed by atoms with Crippen LogP contribution in [0.5, 0.6) is 0 Å². The summed E-state index contributed by atoms with van der Waals surface area (Å²) in [6, 6.07) is 17.6. The number of nitrogens with zero attached hydrogens (tertiary/aromatic N) is 1. The second-order valence-electron chi connectivity index (χ2n) is 5.97. The lowest BCUT2D eigenvalue weighted by Crippen LogP contribution is -2.13. The molecule has 3 aromatic rings. The summed E-state index contributed by atoms with van der Waals surface area (Å²) in [7, 11) is 0. The first-order valence-corrected chi connectivity index (χ1v) is 8.58. The van der Waals surface area contributed by atoms with E-state index in [4.69, 9.17) is 25.7 Å². The van der Waals surface area contributed by atoms with Crippen LogP contribution < -0.4 is 5.36 Å². The minimum absolute atomic E-state index is 0.236. The Bertz CT molecular complexity index is 909. The monoisotopic (exact) mass is 339 g/mol. The first-order valence-electron chi connectivity index (χ1n) is 8.20. The Morgan fingerprint density at radius 3 is 2.71 bits per heavy atom. The van der Waals surface area contributed by atoms with Crippen LogP contribution in [0.25, 0.3) is 22.3 Å². The van der Waals surface area contributed by atoms with Gasteiger partial charge in [-0.15, -0.1) is 0 Å². The Hall–Kier alpha value is -2.10. The van der Waals surface area contributed by atoms with Crippen LogP contribution in [0.15, 0.2) is 64.0 Å². The van der Waals surface area contributed by atoms with Gasteiger partial charge in [0.05, 0.1) is 18.0 Å². The van der Waals surface area contributed by atoms with Gasteiger partial charge in [-0.25, -0.2) is 0 Å². The summed E-state index contributed by atoms with van der Waals surface area (Å²) in [6.07, 6.45) is 2.45. The molecule has 2 heterocycles. The Morgan fingerprint density at radius 2 is 1.92 bits per heavy atom. The summed E-state index contributed by atoms with van der Waals surface area (Å²) in [5, 5.41) is 2.67. The molecule has 0 radical (unpaired) electrons. The van der Waals surface area contributed by atoms with E-state index in [1.165, 1.54) is 0 Å². The van der Waals surface area contributed by atoms with Crippen LogP contribution in [-0.2, 0) is 4.74 Å². The second-order valence-corrected chi connectivity index (χ2v) is 6.41. The maximum absolute atomic E-state index is 6.07. The van der Waals surface area contributed by atoms with Crippen molar-refractivity contribution in [1.29, 1.82) is 0 Å². The summed E-state index contributed by atoms with van der Waals surface area (Å²) in [6.45, 7) is 1.54. The summed E-state index contributed by atoms with van der Waals surface area (Å²) in [4.78, 5) is 4.81. The number of rotatable bonds is 3. The van der Waals surface area contributed by atoms with Gasteiger partial charge < -0.3 is 9.15 Å². The Balaban J connectivity index is 1.81. The lowest BCUT2D eigenvalue weighted by atomic mass is 10.1. The highest BCUT2D eigenvalue weighted by molar-refractivity contribution is 6.30. The number of halogens is 1. The van der Waals surface area contributed by atoms with Crippen LogP contribution in [0.2, 0.25) is 5.02 Å². The standard InChI is InChI=1S/C20H18ClNO2/c21-15-9-7-14(8-10-15)20-12-18(22-13-16-4-3-11-23-16)17-5-1-2-6-19(17)24-20/h1-2,5-10,12,16H,3-4,11,13H2. The largest absolute Gasteiger partial charge is 0.456 e. The van der Waals surface area contributed by atoms with Crippen molar-refractivity contribution in [2.75, 3.05) is 13.2 Å². The third-order valence-corrected chi connectivity index (χ3v) is 4.52. The fourth-order valence-corrected chi connectivity index (χ4v) is 3.12. The average molecular weight is 340 g/mol. The van der Waals surface area contributed by atoms with E-state index >= 15 is 0 Å². The fourth-order valence-electron chi connectivity index (χ4n) is 2.99. The summed E-state index contributed by atoms with van der Waals surface area (Å²) < 4.78 is 11.7. The number of benzene rings is 2. The van der Waals surface area contributed by atoms with Gasteiger partial charge in [0.2, 0.25) is 0 Å². The Kier molecular flexibility index (Phi) is 4.37. The molecule has 24 heavy (non-hydrogen) atoms. The van der Waals surface area contributed by atoms with Gasteiger partial charge in [-0.3, -0.25) is 4.99 Å². The van der Waals surface area contributed by atoms with Crippen molar-refractivity contribution in [2.24, 2.45) is 4.99 Å². The zero-order chi connectivity index (χ0) is 16.4. The van der Waals surface area contributed by atoms with E-state index in [-0.39, 0.29) is 6.10 Å². The molecule has 1 aromatic heterocycles. The molecule has 0 N–H and O–H groups in total. The van der Waals surface area contributed by atoms with E-state index in [1.807, 2.05) is 54.6 Å². The molecule has 1 saturated heterocycles. The van der Waals surface area contributed by atoms with Crippen molar-refractivity contribution in [3.63, 3.8) is 0 Å². The Morgan fingerprint density at radius 1 is 1.08 bits per heavy atom. The lowest BCUT2D eigenvalue weighted by molar-refractivity contribution is 0.117. The normalized spacial score (nSPS) is 18.4. The SMILES string of the molecule is Clc1ccc(-c2cc(=NCC3CCCO3)c3ccccc3o2)cc1. The molecule has 0 amide bonds. The molecule has 1 atom stereocenters. The van der Waals surface area contributed by atoms with Crippen molar-refractivity contribution in [1.82, 2.24) is 0 Å². The lowest BCUT2D eigenvalue weighted by Gasteiger charge is -2.07. The Labute approximate surface area is 145 Å². The molecule has 0 bridgehead atoms. The molecule has 122 valence electrons. The molecule has 1 fully saturated rings. The third-order valence-electron chi connectivity index (χ3n) is 4.27. The molecule has 1 aliphatic rings. The molecule has 2 aromatic carbocycles. The maximum atomic E-state index is 6.07. The van der Waals surface area contributed by atoms with Crippen LogP contribution in [0.1, 0.15) is 12.8 Å². The summed E-state index contributed by atoms with van der Waals surface area (Å²) in [5.41, 5.74) is 1.81. The van der Waals surface area contributed by atoms with Crippen molar-refractivity contribution < 1.29 is 9.15 Å². The van der Waals surface area contributed by atoms with E-state index in [0.717, 1.165) is 47.1 Å². The van der Waals surface area contributed by atoms with Crippen molar-refractivity contribution in [2.45, 2.75) is 18.9 Å². The van der Waals surface area contributed by atoms with Gasteiger partial charge in [0, 0.05) is 28.6 Å². The highest BCUT2D eigenvalue weighted by Gasteiger charge is 2.14. The average Bonchev–Trinajstić information content (AvgIpc) is 3.13. The van der Waals surface area contributed by atoms with Gasteiger partial charge >= 0.3 is 0 Å². The zero-order valence-electron chi connectivity index (χ0n) is 13.2. The summed E-state index contributed by atoms with van der Waals surface area (Å²) in [5.74, 6) is 0.788. The molecule has 0 aliphatic carbocycles. The van der Waals surface area contributed by atoms with E-state index < -0.39 is 0 Å². The summed E-state index contributed by atoms with van der Waals surface area (Å²) >= 11 is 5.98. The van der Waals surface area contributed by atoms with Gasteiger partial charge in [0.1, 0.15) is 11.3 Å².